The number of aliphatic carboxylic acids is 1. The summed E-state index contributed by atoms with van der Waals surface area (Å²) < 4.78 is 5.18. The number of carboxylic acid groups (broad SMARTS) is 1. The van der Waals surface area contributed by atoms with E-state index in [0.29, 0.717) is 6.42 Å². The molecule has 1 heterocycles. The van der Waals surface area contributed by atoms with Gasteiger partial charge in [0.1, 0.15) is 5.75 Å². The van der Waals surface area contributed by atoms with E-state index in [9.17, 15) is 4.79 Å². The third-order valence-electron chi connectivity index (χ3n) is 3.43. The first-order valence-electron chi connectivity index (χ1n) is 6.82. The molecule has 0 aliphatic carbocycles. The minimum atomic E-state index is -0.747. The second-order valence-electron chi connectivity index (χ2n) is 5.57. The second kappa shape index (κ2) is 6.39. The lowest BCUT2D eigenvalue weighted by atomic mass is 9.88. The van der Waals surface area contributed by atoms with Crippen LogP contribution in [0.2, 0.25) is 0 Å². The Hall–Kier alpha value is -1.69. The summed E-state index contributed by atoms with van der Waals surface area (Å²) in [5, 5.41) is 9.92. The molecule has 0 aliphatic heterocycles. The van der Waals surface area contributed by atoms with Crippen molar-refractivity contribution in [3.8, 4) is 5.75 Å². The van der Waals surface area contributed by atoms with Crippen molar-refractivity contribution in [2.24, 2.45) is 5.41 Å². The molecule has 0 bridgehead atoms. The van der Waals surface area contributed by atoms with Crippen LogP contribution in [0, 0.1) is 5.41 Å². The van der Waals surface area contributed by atoms with Crippen LogP contribution in [0.25, 0.3) is 11.0 Å². The molecule has 6 heteroatoms. The van der Waals surface area contributed by atoms with E-state index in [0.717, 1.165) is 34.1 Å². The van der Waals surface area contributed by atoms with Crippen molar-refractivity contribution >= 4 is 28.8 Å². The van der Waals surface area contributed by atoms with E-state index in [1.165, 1.54) is 0 Å². The number of imidazole rings is 1. The van der Waals surface area contributed by atoms with E-state index in [4.69, 9.17) is 9.84 Å². The smallest absolute Gasteiger partial charge is 0.309 e. The molecule has 0 fully saturated rings. The predicted octanol–water partition coefficient (Wildman–Crippen LogP) is 3.55. The summed E-state index contributed by atoms with van der Waals surface area (Å²) in [6, 6.07) is 5.72. The Morgan fingerprint density at radius 3 is 2.90 bits per heavy atom. The van der Waals surface area contributed by atoms with Gasteiger partial charge in [-0.05, 0) is 38.8 Å². The Labute approximate surface area is 128 Å². The van der Waals surface area contributed by atoms with Crippen LogP contribution in [0.1, 0.15) is 26.7 Å². The molecule has 0 atom stereocenters. The maximum absolute atomic E-state index is 11.0. The number of hydrogen-bond acceptors (Lipinski definition) is 4. The number of carbonyl (C=O) groups is 1. The topological polar surface area (TPSA) is 75.2 Å². The van der Waals surface area contributed by atoms with Crippen molar-refractivity contribution in [1.29, 1.82) is 0 Å². The van der Waals surface area contributed by atoms with Gasteiger partial charge in [0.25, 0.3) is 0 Å². The van der Waals surface area contributed by atoms with Gasteiger partial charge in [-0.1, -0.05) is 11.8 Å². The molecular weight excluding hydrogens is 288 g/mol. The first kappa shape index (κ1) is 15.7. The average molecular weight is 308 g/mol. The van der Waals surface area contributed by atoms with Crippen molar-refractivity contribution in [1.82, 2.24) is 9.97 Å². The van der Waals surface area contributed by atoms with E-state index in [1.807, 2.05) is 18.2 Å². The van der Waals surface area contributed by atoms with E-state index in [-0.39, 0.29) is 0 Å². The summed E-state index contributed by atoms with van der Waals surface area (Å²) >= 11 is 1.61. The van der Waals surface area contributed by atoms with Crippen molar-refractivity contribution in [2.75, 3.05) is 12.9 Å². The van der Waals surface area contributed by atoms with Crippen molar-refractivity contribution in [2.45, 2.75) is 31.8 Å². The van der Waals surface area contributed by atoms with Crippen LogP contribution in [0.3, 0.4) is 0 Å². The SMILES string of the molecule is COc1ccc2nc(SCCCC(C)(C)C(=O)O)[nH]c2c1. The quantitative estimate of drug-likeness (QED) is 0.604. The maximum atomic E-state index is 11.0. The van der Waals surface area contributed by atoms with Gasteiger partial charge in [0.05, 0.1) is 23.6 Å². The average Bonchev–Trinajstić information content (AvgIpc) is 2.85. The number of thioether (sulfide) groups is 1. The molecule has 0 amide bonds. The van der Waals surface area contributed by atoms with Gasteiger partial charge in [-0.2, -0.15) is 0 Å². The number of fused-ring (bicyclic) bond motifs is 1. The van der Waals surface area contributed by atoms with Crippen LogP contribution in [0.4, 0.5) is 0 Å². The predicted molar refractivity (Wildman–Crippen MR) is 84.0 cm³/mol. The van der Waals surface area contributed by atoms with Crippen LogP contribution < -0.4 is 4.74 Å². The molecule has 0 saturated carbocycles. The van der Waals surface area contributed by atoms with Crippen molar-refractivity contribution in [3.63, 3.8) is 0 Å². The first-order valence-corrected chi connectivity index (χ1v) is 7.81. The van der Waals surface area contributed by atoms with E-state index in [2.05, 4.69) is 9.97 Å². The number of nitrogens with zero attached hydrogens (tertiary/aromatic N) is 1. The van der Waals surface area contributed by atoms with Gasteiger partial charge in [-0.15, -0.1) is 0 Å². The number of H-pyrrole nitrogens is 1. The Bertz CT molecular complexity index is 637. The van der Waals surface area contributed by atoms with Crippen molar-refractivity contribution < 1.29 is 14.6 Å². The van der Waals surface area contributed by atoms with Crippen LogP contribution >= 0.6 is 11.8 Å². The second-order valence-corrected chi connectivity index (χ2v) is 6.65. The monoisotopic (exact) mass is 308 g/mol. The fourth-order valence-electron chi connectivity index (χ4n) is 1.95. The molecule has 0 radical (unpaired) electrons. The number of benzene rings is 1. The Morgan fingerprint density at radius 1 is 1.48 bits per heavy atom. The molecule has 0 spiro atoms. The highest BCUT2D eigenvalue weighted by molar-refractivity contribution is 7.99. The summed E-state index contributed by atoms with van der Waals surface area (Å²) in [5.41, 5.74) is 1.19. The standard InChI is InChI=1S/C15H20N2O3S/c1-15(2,13(18)19)7-4-8-21-14-16-11-6-5-10(20-3)9-12(11)17-14/h5-6,9H,4,7-8H2,1-3H3,(H,16,17)(H,18,19). The lowest BCUT2D eigenvalue weighted by molar-refractivity contribution is -0.147. The zero-order valence-corrected chi connectivity index (χ0v) is 13.3. The van der Waals surface area contributed by atoms with Crippen LogP contribution in [-0.4, -0.2) is 33.9 Å². The highest BCUT2D eigenvalue weighted by atomic mass is 32.2. The number of methoxy groups -OCH3 is 1. The summed E-state index contributed by atoms with van der Waals surface area (Å²) in [7, 11) is 1.64. The van der Waals surface area contributed by atoms with Gasteiger partial charge in [-0.25, -0.2) is 4.98 Å². The van der Waals surface area contributed by atoms with Gasteiger partial charge in [0, 0.05) is 11.8 Å². The Kier molecular flexibility index (Phi) is 4.77. The molecular formula is C15H20N2O3S. The van der Waals surface area contributed by atoms with Gasteiger partial charge in [0.2, 0.25) is 0 Å². The van der Waals surface area contributed by atoms with E-state index in [1.54, 1.807) is 32.7 Å². The largest absolute Gasteiger partial charge is 0.497 e. The van der Waals surface area contributed by atoms with Gasteiger partial charge in [-0.3, -0.25) is 4.79 Å². The molecule has 2 rings (SSSR count). The molecule has 5 nitrogen and oxygen atoms in total. The maximum Gasteiger partial charge on any atom is 0.309 e. The zero-order valence-electron chi connectivity index (χ0n) is 12.5. The fraction of sp³-hybridized carbons (Fsp3) is 0.467. The highest BCUT2D eigenvalue weighted by Crippen LogP contribution is 2.27. The van der Waals surface area contributed by atoms with Crippen LogP contribution in [-0.2, 0) is 4.79 Å². The third kappa shape index (κ3) is 3.91. The third-order valence-corrected chi connectivity index (χ3v) is 4.39. The number of aromatic nitrogens is 2. The van der Waals surface area contributed by atoms with Gasteiger partial charge < -0.3 is 14.8 Å². The Balaban J connectivity index is 1.90. The molecule has 2 aromatic rings. The summed E-state index contributed by atoms with van der Waals surface area (Å²) in [5.74, 6) is 0.891. The minimum absolute atomic E-state index is 0.656. The van der Waals surface area contributed by atoms with Crippen LogP contribution in [0.5, 0.6) is 5.75 Å². The van der Waals surface area contributed by atoms with Gasteiger partial charge >= 0.3 is 5.97 Å². The summed E-state index contributed by atoms with van der Waals surface area (Å²) in [6.07, 6.45) is 1.49. The fourth-order valence-corrected chi connectivity index (χ4v) is 2.78. The molecule has 1 aromatic carbocycles. The number of hydrogen-bond donors (Lipinski definition) is 2. The molecule has 0 aliphatic rings. The van der Waals surface area contributed by atoms with Crippen molar-refractivity contribution in [3.05, 3.63) is 18.2 Å². The number of nitrogens with one attached hydrogen (secondary N) is 1. The molecule has 21 heavy (non-hydrogen) atoms. The number of rotatable bonds is 7. The lowest BCUT2D eigenvalue weighted by Gasteiger charge is -2.18. The normalized spacial score (nSPS) is 11.8. The minimum Gasteiger partial charge on any atom is -0.497 e. The highest BCUT2D eigenvalue weighted by Gasteiger charge is 2.26. The molecule has 2 N–H and O–H groups in total. The van der Waals surface area contributed by atoms with E-state index < -0.39 is 11.4 Å². The van der Waals surface area contributed by atoms with E-state index >= 15 is 0 Å². The Morgan fingerprint density at radius 2 is 2.24 bits per heavy atom. The molecule has 1 aromatic heterocycles. The summed E-state index contributed by atoms with van der Waals surface area (Å²) in [4.78, 5) is 18.8. The lowest BCUT2D eigenvalue weighted by Crippen LogP contribution is -2.23. The molecule has 0 unspecified atom stereocenters. The van der Waals surface area contributed by atoms with Crippen LogP contribution in [0.15, 0.2) is 23.4 Å². The molecule has 0 saturated heterocycles. The zero-order chi connectivity index (χ0) is 15.5. The molecule has 114 valence electrons. The number of aromatic amines is 1. The summed E-state index contributed by atoms with van der Waals surface area (Å²) in [6.45, 7) is 3.51. The first-order chi connectivity index (χ1) is 9.92. The number of carboxylic acids is 1. The van der Waals surface area contributed by atoms with Gasteiger partial charge in [0.15, 0.2) is 5.16 Å². The number of ether oxygens (including phenoxy) is 1.